The number of ether oxygens (including phenoxy) is 1. The zero-order valence-corrected chi connectivity index (χ0v) is 13.5. The van der Waals surface area contributed by atoms with Crippen molar-refractivity contribution in [2.24, 2.45) is 0 Å². The number of amides is 1. The van der Waals surface area contributed by atoms with Crippen LogP contribution in [0.1, 0.15) is 16.8 Å². The maximum absolute atomic E-state index is 13.4. The highest BCUT2D eigenvalue weighted by molar-refractivity contribution is 5.95. The third-order valence-corrected chi connectivity index (χ3v) is 3.60. The van der Waals surface area contributed by atoms with Gasteiger partial charge in [0.25, 0.3) is 5.91 Å². The predicted octanol–water partition coefficient (Wildman–Crippen LogP) is 2.44. The Labute approximate surface area is 142 Å². The number of benzene rings is 1. The molecule has 0 aliphatic heterocycles. The van der Waals surface area contributed by atoms with E-state index in [1.807, 2.05) is 0 Å². The van der Waals surface area contributed by atoms with Gasteiger partial charge < -0.3 is 10.1 Å². The minimum Gasteiger partial charge on any atom is -0.385 e. The van der Waals surface area contributed by atoms with Gasteiger partial charge in [0.1, 0.15) is 11.6 Å². The van der Waals surface area contributed by atoms with Crippen LogP contribution in [-0.2, 0) is 4.74 Å². The van der Waals surface area contributed by atoms with Crippen molar-refractivity contribution in [2.45, 2.75) is 6.42 Å². The molecule has 3 rings (SSSR count). The van der Waals surface area contributed by atoms with E-state index in [0.717, 1.165) is 6.07 Å². The molecule has 0 saturated carbocycles. The van der Waals surface area contributed by atoms with Crippen molar-refractivity contribution in [3.05, 3.63) is 53.7 Å². The molecule has 0 bridgehead atoms. The van der Waals surface area contributed by atoms with Gasteiger partial charge in [0.15, 0.2) is 11.5 Å². The standard InChI is InChI=1S/C17H16F2N4O2/c1-25-6-2-4-20-17(24)11-3-5-23-15(9-11)21-22-16(23)12-7-13(18)10-14(19)8-12/h3,5,7-10H,2,4,6H2,1H3,(H,20,24). The smallest absolute Gasteiger partial charge is 0.251 e. The van der Waals surface area contributed by atoms with Gasteiger partial charge in [0, 0.05) is 43.7 Å². The molecule has 0 saturated heterocycles. The molecule has 1 aromatic carbocycles. The fraction of sp³-hybridized carbons (Fsp3) is 0.235. The average molecular weight is 346 g/mol. The Morgan fingerprint density at radius 1 is 1.20 bits per heavy atom. The number of rotatable bonds is 6. The number of nitrogens with zero attached hydrogens (tertiary/aromatic N) is 3. The number of pyridine rings is 1. The van der Waals surface area contributed by atoms with Gasteiger partial charge in [-0.3, -0.25) is 9.20 Å². The zero-order chi connectivity index (χ0) is 17.8. The van der Waals surface area contributed by atoms with Gasteiger partial charge >= 0.3 is 0 Å². The van der Waals surface area contributed by atoms with Crippen LogP contribution in [0.4, 0.5) is 8.78 Å². The van der Waals surface area contributed by atoms with E-state index in [0.29, 0.717) is 36.6 Å². The lowest BCUT2D eigenvalue weighted by molar-refractivity contribution is 0.0948. The van der Waals surface area contributed by atoms with Crippen LogP contribution in [-0.4, -0.2) is 40.8 Å². The first-order valence-corrected chi connectivity index (χ1v) is 7.67. The highest BCUT2D eigenvalue weighted by atomic mass is 19.1. The lowest BCUT2D eigenvalue weighted by Gasteiger charge is -2.06. The quantitative estimate of drug-likeness (QED) is 0.696. The second kappa shape index (κ2) is 7.35. The van der Waals surface area contributed by atoms with Crippen molar-refractivity contribution in [3.8, 4) is 11.4 Å². The van der Waals surface area contributed by atoms with Crippen LogP contribution in [0.3, 0.4) is 0 Å². The Morgan fingerprint density at radius 3 is 2.68 bits per heavy atom. The molecule has 1 N–H and O–H groups in total. The van der Waals surface area contributed by atoms with Gasteiger partial charge in [-0.05, 0) is 30.7 Å². The van der Waals surface area contributed by atoms with Gasteiger partial charge in [-0.2, -0.15) is 0 Å². The zero-order valence-electron chi connectivity index (χ0n) is 13.5. The number of carbonyl (C=O) groups excluding carboxylic acids is 1. The SMILES string of the molecule is COCCCNC(=O)c1ccn2c(-c3cc(F)cc(F)c3)nnc2c1. The largest absolute Gasteiger partial charge is 0.385 e. The maximum atomic E-state index is 13.4. The van der Waals surface area contributed by atoms with Crippen LogP contribution in [0, 0.1) is 11.6 Å². The lowest BCUT2D eigenvalue weighted by atomic mass is 10.2. The fourth-order valence-corrected chi connectivity index (χ4v) is 2.43. The number of hydrogen-bond acceptors (Lipinski definition) is 4. The highest BCUT2D eigenvalue weighted by Gasteiger charge is 2.13. The van der Waals surface area contributed by atoms with Gasteiger partial charge in [0.2, 0.25) is 0 Å². The second-order valence-corrected chi connectivity index (χ2v) is 5.43. The minimum atomic E-state index is -0.696. The molecule has 0 aliphatic rings. The van der Waals surface area contributed by atoms with Crippen LogP contribution in [0.5, 0.6) is 0 Å². The van der Waals surface area contributed by atoms with Gasteiger partial charge in [0.05, 0.1) is 0 Å². The maximum Gasteiger partial charge on any atom is 0.251 e. The molecule has 6 nitrogen and oxygen atoms in total. The summed E-state index contributed by atoms with van der Waals surface area (Å²) >= 11 is 0. The first-order valence-electron chi connectivity index (χ1n) is 7.67. The number of carbonyl (C=O) groups is 1. The van der Waals surface area contributed by atoms with E-state index < -0.39 is 11.6 Å². The summed E-state index contributed by atoms with van der Waals surface area (Å²) in [5, 5.41) is 10.7. The summed E-state index contributed by atoms with van der Waals surface area (Å²) in [5.41, 5.74) is 1.10. The van der Waals surface area contributed by atoms with Crippen molar-refractivity contribution < 1.29 is 18.3 Å². The molecule has 0 atom stereocenters. The summed E-state index contributed by atoms with van der Waals surface area (Å²) in [6.45, 7) is 1.06. The summed E-state index contributed by atoms with van der Waals surface area (Å²) in [6, 6.07) is 6.31. The van der Waals surface area contributed by atoms with Gasteiger partial charge in [-0.25, -0.2) is 8.78 Å². The Morgan fingerprint density at radius 2 is 1.96 bits per heavy atom. The summed E-state index contributed by atoms with van der Waals surface area (Å²) < 4.78 is 33.3. The third kappa shape index (κ3) is 3.80. The van der Waals surface area contributed by atoms with Crippen molar-refractivity contribution in [3.63, 3.8) is 0 Å². The summed E-state index contributed by atoms with van der Waals surface area (Å²) in [6.07, 6.45) is 2.31. The average Bonchev–Trinajstić information content (AvgIpc) is 3.01. The molecule has 2 aromatic heterocycles. The molecule has 8 heteroatoms. The first-order chi connectivity index (χ1) is 12.1. The first kappa shape index (κ1) is 17.0. The molecule has 1 amide bonds. The molecular formula is C17H16F2N4O2. The second-order valence-electron chi connectivity index (χ2n) is 5.43. The van der Waals surface area contributed by atoms with Crippen LogP contribution in [0.25, 0.3) is 17.0 Å². The molecule has 2 heterocycles. The Bertz CT molecular complexity index is 891. The lowest BCUT2D eigenvalue weighted by Crippen LogP contribution is -2.25. The molecular weight excluding hydrogens is 330 g/mol. The number of fused-ring (bicyclic) bond motifs is 1. The number of nitrogens with one attached hydrogen (secondary N) is 1. The van der Waals surface area contributed by atoms with E-state index in [4.69, 9.17) is 4.74 Å². The van der Waals surface area contributed by atoms with E-state index in [-0.39, 0.29) is 11.5 Å². The minimum absolute atomic E-state index is 0.236. The van der Waals surface area contributed by atoms with E-state index >= 15 is 0 Å². The number of hydrogen-bond donors (Lipinski definition) is 1. The number of halogens is 2. The predicted molar refractivity (Wildman–Crippen MR) is 87.2 cm³/mol. The highest BCUT2D eigenvalue weighted by Crippen LogP contribution is 2.21. The monoisotopic (exact) mass is 346 g/mol. The third-order valence-electron chi connectivity index (χ3n) is 3.60. The topological polar surface area (TPSA) is 68.5 Å². The Balaban J connectivity index is 1.85. The number of methoxy groups -OCH3 is 1. The van der Waals surface area contributed by atoms with Gasteiger partial charge in [-0.15, -0.1) is 10.2 Å². The van der Waals surface area contributed by atoms with Crippen LogP contribution >= 0.6 is 0 Å². The van der Waals surface area contributed by atoms with E-state index in [2.05, 4.69) is 15.5 Å². The molecule has 0 aliphatic carbocycles. The summed E-state index contributed by atoms with van der Waals surface area (Å²) in [7, 11) is 1.60. The molecule has 130 valence electrons. The van der Waals surface area contributed by atoms with Crippen molar-refractivity contribution in [1.29, 1.82) is 0 Å². The summed E-state index contributed by atoms with van der Waals surface area (Å²) in [4.78, 5) is 12.1. The van der Waals surface area contributed by atoms with E-state index in [9.17, 15) is 13.6 Å². The van der Waals surface area contributed by atoms with Crippen molar-refractivity contribution >= 4 is 11.6 Å². The Kier molecular flexibility index (Phi) is 4.99. The number of aromatic nitrogens is 3. The van der Waals surface area contributed by atoms with Crippen molar-refractivity contribution in [2.75, 3.05) is 20.3 Å². The normalized spacial score (nSPS) is 11.0. The van der Waals surface area contributed by atoms with E-state index in [1.54, 1.807) is 29.8 Å². The van der Waals surface area contributed by atoms with Crippen LogP contribution < -0.4 is 5.32 Å². The fourth-order valence-electron chi connectivity index (χ4n) is 2.43. The van der Waals surface area contributed by atoms with E-state index in [1.165, 1.54) is 12.1 Å². The molecule has 3 aromatic rings. The Hall–Kier alpha value is -2.87. The van der Waals surface area contributed by atoms with Gasteiger partial charge in [-0.1, -0.05) is 0 Å². The summed E-state index contributed by atoms with van der Waals surface area (Å²) in [5.74, 6) is -1.34. The molecule has 0 spiro atoms. The molecule has 0 unspecified atom stereocenters. The molecule has 0 radical (unpaired) electrons. The van der Waals surface area contributed by atoms with Crippen LogP contribution in [0.2, 0.25) is 0 Å². The van der Waals surface area contributed by atoms with Crippen LogP contribution in [0.15, 0.2) is 36.5 Å². The molecule has 0 fully saturated rings. The molecule has 25 heavy (non-hydrogen) atoms. The van der Waals surface area contributed by atoms with Crippen molar-refractivity contribution in [1.82, 2.24) is 19.9 Å².